The second-order valence-corrected chi connectivity index (χ2v) is 4.05. The highest BCUT2D eigenvalue weighted by atomic mass is 16.5. The quantitative estimate of drug-likeness (QED) is 0.821. The summed E-state index contributed by atoms with van der Waals surface area (Å²) in [6, 6.07) is 15.6. The first-order valence-corrected chi connectivity index (χ1v) is 5.83. The lowest BCUT2D eigenvalue weighted by molar-refractivity contribution is 0.105. The zero-order chi connectivity index (χ0) is 12.8. The van der Waals surface area contributed by atoms with Gasteiger partial charge < -0.3 is 15.2 Å². The first kappa shape index (κ1) is 12.5. The van der Waals surface area contributed by atoms with Crippen molar-refractivity contribution in [3.05, 3.63) is 59.7 Å². The molecule has 0 aliphatic rings. The Balaban J connectivity index is 1.90. The second kappa shape index (κ2) is 6.07. The molecule has 0 unspecified atom stereocenters. The van der Waals surface area contributed by atoms with Crippen LogP contribution < -0.4 is 10.5 Å². The molecule has 94 valence electrons. The highest BCUT2D eigenvalue weighted by Crippen LogP contribution is 2.18. The lowest BCUT2D eigenvalue weighted by atomic mass is 10.2. The van der Waals surface area contributed by atoms with Crippen molar-refractivity contribution in [2.75, 3.05) is 12.8 Å². The van der Waals surface area contributed by atoms with Crippen LogP contribution in [0.2, 0.25) is 0 Å². The third kappa shape index (κ3) is 3.25. The van der Waals surface area contributed by atoms with Gasteiger partial charge in [-0.25, -0.2) is 0 Å². The maximum absolute atomic E-state index is 5.67. The molecule has 0 aliphatic carbocycles. The van der Waals surface area contributed by atoms with E-state index >= 15 is 0 Å². The smallest absolute Gasteiger partial charge is 0.124 e. The number of hydrogen-bond acceptors (Lipinski definition) is 3. The van der Waals surface area contributed by atoms with E-state index in [1.807, 2.05) is 48.5 Å². The van der Waals surface area contributed by atoms with E-state index in [4.69, 9.17) is 15.2 Å². The summed E-state index contributed by atoms with van der Waals surface area (Å²) in [4.78, 5) is 0. The van der Waals surface area contributed by atoms with Crippen molar-refractivity contribution in [1.82, 2.24) is 0 Å². The number of ether oxygens (including phenoxy) is 2. The Morgan fingerprint density at radius 3 is 2.39 bits per heavy atom. The number of para-hydroxylation sites is 1. The summed E-state index contributed by atoms with van der Waals surface area (Å²) in [7, 11) is 1.67. The molecule has 2 aromatic carbocycles. The van der Waals surface area contributed by atoms with Crippen LogP contribution in [-0.2, 0) is 18.0 Å². The summed E-state index contributed by atoms with van der Waals surface area (Å²) in [5, 5.41) is 0. The summed E-state index contributed by atoms with van der Waals surface area (Å²) in [6.07, 6.45) is 0. The van der Waals surface area contributed by atoms with Crippen LogP contribution in [0.25, 0.3) is 0 Å². The van der Waals surface area contributed by atoms with E-state index in [1.54, 1.807) is 7.11 Å². The molecule has 2 N–H and O–H groups in total. The van der Waals surface area contributed by atoms with Crippen molar-refractivity contribution < 1.29 is 9.47 Å². The third-order valence-electron chi connectivity index (χ3n) is 2.70. The van der Waals surface area contributed by atoms with E-state index in [0.29, 0.717) is 13.2 Å². The molecule has 0 aliphatic heterocycles. The number of hydrogen-bond donors (Lipinski definition) is 1. The fraction of sp³-hybridized carbons (Fsp3) is 0.200. The Morgan fingerprint density at radius 1 is 0.944 bits per heavy atom. The Hall–Kier alpha value is -2.00. The van der Waals surface area contributed by atoms with Crippen LogP contribution in [0, 0.1) is 0 Å². The van der Waals surface area contributed by atoms with Crippen molar-refractivity contribution in [3.63, 3.8) is 0 Å². The predicted octanol–water partition coefficient (Wildman–Crippen LogP) is 2.99. The fourth-order valence-electron chi connectivity index (χ4n) is 1.71. The van der Waals surface area contributed by atoms with Crippen molar-refractivity contribution in [2.24, 2.45) is 0 Å². The van der Waals surface area contributed by atoms with Crippen LogP contribution in [-0.4, -0.2) is 7.11 Å². The van der Waals surface area contributed by atoms with E-state index in [-0.39, 0.29) is 0 Å². The third-order valence-corrected chi connectivity index (χ3v) is 2.70. The van der Waals surface area contributed by atoms with Gasteiger partial charge in [0.05, 0.1) is 20.3 Å². The zero-order valence-corrected chi connectivity index (χ0v) is 10.4. The van der Waals surface area contributed by atoms with Gasteiger partial charge in [-0.15, -0.1) is 0 Å². The number of nitrogen functional groups attached to an aromatic ring is 1. The van der Waals surface area contributed by atoms with Crippen LogP contribution in [0.3, 0.4) is 0 Å². The van der Waals surface area contributed by atoms with Gasteiger partial charge >= 0.3 is 0 Å². The van der Waals surface area contributed by atoms with Crippen molar-refractivity contribution in [1.29, 1.82) is 0 Å². The number of rotatable bonds is 5. The Morgan fingerprint density at radius 2 is 1.67 bits per heavy atom. The molecule has 0 spiro atoms. The Labute approximate surface area is 107 Å². The molecule has 0 bridgehead atoms. The maximum Gasteiger partial charge on any atom is 0.124 e. The van der Waals surface area contributed by atoms with Gasteiger partial charge in [0.1, 0.15) is 5.75 Å². The van der Waals surface area contributed by atoms with Crippen LogP contribution in [0.15, 0.2) is 48.5 Å². The van der Waals surface area contributed by atoms with Crippen molar-refractivity contribution in [2.45, 2.75) is 13.2 Å². The molecule has 0 radical (unpaired) electrons. The van der Waals surface area contributed by atoms with Gasteiger partial charge in [0.2, 0.25) is 0 Å². The average Bonchev–Trinajstić information content (AvgIpc) is 2.41. The molecule has 0 amide bonds. The molecule has 0 atom stereocenters. The summed E-state index contributed by atoms with van der Waals surface area (Å²) >= 11 is 0. The van der Waals surface area contributed by atoms with E-state index < -0.39 is 0 Å². The van der Waals surface area contributed by atoms with Gasteiger partial charge in [-0.2, -0.15) is 0 Å². The highest BCUT2D eigenvalue weighted by Gasteiger charge is 2.01. The summed E-state index contributed by atoms with van der Waals surface area (Å²) in [6.45, 7) is 1.10. The zero-order valence-electron chi connectivity index (χ0n) is 10.4. The number of nitrogens with two attached hydrogens (primary N) is 1. The van der Waals surface area contributed by atoms with Gasteiger partial charge in [0.15, 0.2) is 0 Å². The van der Waals surface area contributed by atoms with E-state index in [1.165, 1.54) is 0 Å². The van der Waals surface area contributed by atoms with Gasteiger partial charge in [-0.3, -0.25) is 0 Å². The largest absolute Gasteiger partial charge is 0.496 e. The van der Waals surface area contributed by atoms with Gasteiger partial charge in [-0.05, 0) is 23.8 Å². The predicted molar refractivity (Wildman–Crippen MR) is 72.3 cm³/mol. The SMILES string of the molecule is COc1ccccc1COCc1ccc(N)cc1. The molecule has 18 heavy (non-hydrogen) atoms. The Bertz CT molecular complexity index is 494. The molecular formula is C15H17NO2. The van der Waals surface area contributed by atoms with Gasteiger partial charge in [-0.1, -0.05) is 30.3 Å². The topological polar surface area (TPSA) is 44.5 Å². The molecule has 0 heterocycles. The molecule has 0 saturated carbocycles. The van der Waals surface area contributed by atoms with Crippen LogP contribution in [0.1, 0.15) is 11.1 Å². The highest BCUT2D eigenvalue weighted by molar-refractivity contribution is 5.39. The van der Waals surface area contributed by atoms with Crippen LogP contribution in [0.4, 0.5) is 5.69 Å². The first-order valence-electron chi connectivity index (χ1n) is 5.83. The molecule has 3 heteroatoms. The Kier molecular flexibility index (Phi) is 4.20. The monoisotopic (exact) mass is 243 g/mol. The summed E-state index contributed by atoms with van der Waals surface area (Å²) < 4.78 is 10.9. The number of anilines is 1. The van der Waals surface area contributed by atoms with Crippen LogP contribution >= 0.6 is 0 Å². The minimum atomic E-state index is 0.536. The standard InChI is InChI=1S/C15H17NO2/c1-17-15-5-3-2-4-13(15)11-18-10-12-6-8-14(16)9-7-12/h2-9H,10-11,16H2,1H3. The van der Waals surface area contributed by atoms with Crippen molar-refractivity contribution >= 4 is 5.69 Å². The van der Waals surface area contributed by atoms with Crippen LogP contribution in [0.5, 0.6) is 5.75 Å². The van der Waals surface area contributed by atoms with E-state index in [9.17, 15) is 0 Å². The lowest BCUT2D eigenvalue weighted by Crippen LogP contribution is -1.97. The van der Waals surface area contributed by atoms with E-state index in [2.05, 4.69) is 0 Å². The van der Waals surface area contributed by atoms with Gasteiger partial charge in [0, 0.05) is 11.3 Å². The molecule has 2 aromatic rings. The molecule has 0 saturated heterocycles. The normalized spacial score (nSPS) is 10.3. The number of benzene rings is 2. The maximum atomic E-state index is 5.67. The molecule has 2 rings (SSSR count). The summed E-state index contributed by atoms with van der Waals surface area (Å²) in [5.41, 5.74) is 8.56. The molecule has 0 aromatic heterocycles. The van der Waals surface area contributed by atoms with Gasteiger partial charge in [0.25, 0.3) is 0 Å². The first-order chi connectivity index (χ1) is 8.79. The van der Waals surface area contributed by atoms with E-state index in [0.717, 1.165) is 22.6 Å². The van der Waals surface area contributed by atoms with Crippen molar-refractivity contribution in [3.8, 4) is 5.75 Å². The second-order valence-electron chi connectivity index (χ2n) is 4.05. The molecule has 3 nitrogen and oxygen atoms in total. The molecular weight excluding hydrogens is 226 g/mol. The fourth-order valence-corrected chi connectivity index (χ4v) is 1.71. The minimum Gasteiger partial charge on any atom is -0.496 e. The lowest BCUT2D eigenvalue weighted by Gasteiger charge is -2.09. The average molecular weight is 243 g/mol. The minimum absolute atomic E-state index is 0.536. The molecule has 0 fully saturated rings. The summed E-state index contributed by atoms with van der Waals surface area (Å²) in [5.74, 6) is 0.856. The number of methoxy groups -OCH3 is 1.